The number of carboxylic acid groups (broad SMARTS) is 1. The van der Waals surface area contributed by atoms with Gasteiger partial charge < -0.3 is 5.11 Å². The first-order chi connectivity index (χ1) is 7.68. The normalized spacial score (nSPS) is 22.2. The highest BCUT2D eigenvalue weighted by atomic mass is 32.2. The van der Waals surface area contributed by atoms with Crippen molar-refractivity contribution in [3.63, 3.8) is 0 Å². The Morgan fingerprint density at radius 2 is 2.56 bits per heavy atom. The maximum Gasteiger partial charge on any atom is 0.305 e. The van der Waals surface area contributed by atoms with E-state index in [1.807, 2.05) is 18.7 Å². The highest BCUT2D eigenvalue weighted by Crippen LogP contribution is 2.31. The van der Waals surface area contributed by atoms with Crippen molar-refractivity contribution in [3.05, 3.63) is 5.82 Å². The van der Waals surface area contributed by atoms with Crippen LogP contribution in [0.15, 0.2) is 0 Å². The molecule has 1 aromatic rings. The van der Waals surface area contributed by atoms with Gasteiger partial charge in [0.2, 0.25) is 0 Å². The van der Waals surface area contributed by atoms with Gasteiger partial charge in [0.05, 0.1) is 12.5 Å². The molecule has 16 heavy (non-hydrogen) atoms. The standard InChI is InChI=1S/C9H14N4O2S/c1-6(4-8(14)15)13-9(10-11-12-13)7-2-3-16-5-7/h6-7H,2-5H2,1H3,(H,14,15). The average molecular weight is 242 g/mol. The van der Waals surface area contributed by atoms with Gasteiger partial charge in [-0.2, -0.15) is 11.8 Å². The largest absolute Gasteiger partial charge is 0.481 e. The minimum absolute atomic E-state index is 0.0535. The van der Waals surface area contributed by atoms with Gasteiger partial charge in [-0.05, 0) is 29.5 Å². The smallest absolute Gasteiger partial charge is 0.305 e. The lowest BCUT2D eigenvalue weighted by atomic mass is 10.1. The van der Waals surface area contributed by atoms with E-state index in [4.69, 9.17) is 5.11 Å². The molecule has 1 aliphatic heterocycles. The van der Waals surface area contributed by atoms with Gasteiger partial charge in [0.1, 0.15) is 0 Å². The summed E-state index contributed by atoms with van der Waals surface area (Å²) in [4.78, 5) is 10.7. The van der Waals surface area contributed by atoms with Crippen molar-refractivity contribution in [2.24, 2.45) is 0 Å². The number of tetrazole rings is 1. The van der Waals surface area contributed by atoms with Gasteiger partial charge in [0, 0.05) is 11.7 Å². The van der Waals surface area contributed by atoms with Crippen molar-refractivity contribution < 1.29 is 9.90 Å². The third kappa shape index (κ3) is 2.34. The van der Waals surface area contributed by atoms with Gasteiger partial charge >= 0.3 is 5.97 Å². The summed E-state index contributed by atoms with van der Waals surface area (Å²) < 4.78 is 1.66. The fraction of sp³-hybridized carbons (Fsp3) is 0.778. The number of hydrogen-bond donors (Lipinski definition) is 1. The van der Waals surface area contributed by atoms with E-state index in [1.54, 1.807) is 4.68 Å². The minimum atomic E-state index is -0.824. The number of aromatic nitrogens is 4. The number of thioether (sulfide) groups is 1. The predicted octanol–water partition coefficient (Wildman–Crippen LogP) is 0.929. The van der Waals surface area contributed by atoms with E-state index < -0.39 is 5.97 Å². The van der Waals surface area contributed by atoms with Crippen molar-refractivity contribution in [1.29, 1.82) is 0 Å². The lowest BCUT2D eigenvalue weighted by Gasteiger charge is -2.13. The van der Waals surface area contributed by atoms with Crippen molar-refractivity contribution in [2.45, 2.75) is 31.7 Å². The van der Waals surface area contributed by atoms with Gasteiger partial charge in [-0.15, -0.1) is 5.10 Å². The molecule has 6 nitrogen and oxygen atoms in total. The summed E-state index contributed by atoms with van der Waals surface area (Å²) in [6, 6.07) is -0.187. The lowest BCUT2D eigenvalue weighted by molar-refractivity contribution is -0.137. The van der Waals surface area contributed by atoms with Crippen LogP contribution in [-0.2, 0) is 4.79 Å². The van der Waals surface area contributed by atoms with Crippen LogP contribution in [0.4, 0.5) is 0 Å². The number of hydrogen-bond acceptors (Lipinski definition) is 5. The second-order valence-electron chi connectivity index (χ2n) is 3.99. The molecule has 1 aliphatic rings. The van der Waals surface area contributed by atoms with E-state index >= 15 is 0 Å². The van der Waals surface area contributed by atoms with Crippen LogP contribution in [0.25, 0.3) is 0 Å². The Kier molecular flexibility index (Phi) is 3.42. The Bertz CT molecular complexity index is 375. The quantitative estimate of drug-likeness (QED) is 0.846. The molecule has 0 amide bonds. The van der Waals surface area contributed by atoms with Crippen LogP contribution in [0.2, 0.25) is 0 Å². The molecule has 1 fully saturated rings. The Balaban J connectivity index is 2.14. The molecular weight excluding hydrogens is 228 g/mol. The van der Waals surface area contributed by atoms with E-state index in [-0.39, 0.29) is 12.5 Å². The van der Waals surface area contributed by atoms with E-state index in [1.165, 1.54) is 0 Å². The van der Waals surface area contributed by atoms with Crippen molar-refractivity contribution >= 4 is 17.7 Å². The lowest BCUT2D eigenvalue weighted by Crippen LogP contribution is -2.17. The molecule has 1 saturated heterocycles. The second-order valence-corrected chi connectivity index (χ2v) is 5.14. The van der Waals surface area contributed by atoms with E-state index in [0.29, 0.717) is 5.92 Å². The summed E-state index contributed by atoms with van der Waals surface area (Å²) in [5, 5.41) is 20.3. The van der Waals surface area contributed by atoms with Gasteiger partial charge in [-0.25, -0.2) is 4.68 Å². The average Bonchev–Trinajstić information content (AvgIpc) is 2.87. The summed E-state index contributed by atoms with van der Waals surface area (Å²) in [5.74, 6) is 2.54. The number of carbonyl (C=O) groups is 1. The monoisotopic (exact) mass is 242 g/mol. The zero-order valence-electron chi connectivity index (χ0n) is 9.04. The zero-order chi connectivity index (χ0) is 11.5. The number of rotatable bonds is 4. The minimum Gasteiger partial charge on any atom is -0.481 e. The zero-order valence-corrected chi connectivity index (χ0v) is 9.85. The van der Waals surface area contributed by atoms with E-state index in [0.717, 1.165) is 23.8 Å². The van der Waals surface area contributed by atoms with Crippen LogP contribution in [0.1, 0.15) is 37.5 Å². The molecule has 0 aromatic carbocycles. The van der Waals surface area contributed by atoms with Crippen LogP contribution in [0.5, 0.6) is 0 Å². The van der Waals surface area contributed by atoms with Crippen LogP contribution in [0.3, 0.4) is 0 Å². The maximum atomic E-state index is 10.7. The fourth-order valence-electron chi connectivity index (χ4n) is 1.86. The topological polar surface area (TPSA) is 80.9 Å². The van der Waals surface area contributed by atoms with Crippen LogP contribution in [0, 0.1) is 0 Å². The molecule has 0 aliphatic carbocycles. The third-order valence-electron chi connectivity index (χ3n) is 2.70. The first kappa shape index (κ1) is 11.4. The van der Waals surface area contributed by atoms with Crippen molar-refractivity contribution in [3.8, 4) is 0 Å². The van der Waals surface area contributed by atoms with Crippen LogP contribution >= 0.6 is 11.8 Å². The Hall–Kier alpha value is -1.11. The molecule has 2 heterocycles. The van der Waals surface area contributed by atoms with E-state index in [9.17, 15) is 4.79 Å². The van der Waals surface area contributed by atoms with Gasteiger partial charge in [0.25, 0.3) is 0 Å². The Morgan fingerprint density at radius 3 is 3.19 bits per heavy atom. The summed E-state index contributed by atoms with van der Waals surface area (Å²) in [6.45, 7) is 1.83. The second kappa shape index (κ2) is 4.82. The molecule has 2 atom stereocenters. The maximum absolute atomic E-state index is 10.7. The molecule has 88 valence electrons. The highest BCUT2D eigenvalue weighted by molar-refractivity contribution is 7.99. The first-order valence-electron chi connectivity index (χ1n) is 5.25. The SMILES string of the molecule is CC(CC(=O)O)n1nnnc1C1CCSC1. The number of aliphatic carboxylic acids is 1. The van der Waals surface area contributed by atoms with Crippen molar-refractivity contribution in [2.75, 3.05) is 11.5 Å². The molecule has 0 bridgehead atoms. The van der Waals surface area contributed by atoms with Gasteiger partial charge in [0.15, 0.2) is 5.82 Å². The Morgan fingerprint density at radius 1 is 1.75 bits per heavy atom. The summed E-state index contributed by atoms with van der Waals surface area (Å²) >= 11 is 1.89. The molecular formula is C9H14N4O2S. The summed E-state index contributed by atoms with van der Waals surface area (Å²) in [7, 11) is 0. The molecule has 1 N–H and O–H groups in total. The number of nitrogens with zero attached hydrogens (tertiary/aromatic N) is 4. The molecule has 7 heteroatoms. The number of carboxylic acids is 1. The van der Waals surface area contributed by atoms with E-state index in [2.05, 4.69) is 15.5 Å². The molecule has 1 aromatic heterocycles. The van der Waals surface area contributed by atoms with Crippen molar-refractivity contribution in [1.82, 2.24) is 20.2 Å². The predicted molar refractivity (Wildman–Crippen MR) is 59.5 cm³/mol. The highest BCUT2D eigenvalue weighted by Gasteiger charge is 2.25. The van der Waals surface area contributed by atoms with Crippen LogP contribution in [-0.4, -0.2) is 42.8 Å². The third-order valence-corrected chi connectivity index (χ3v) is 3.86. The molecule has 0 saturated carbocycles. The summed E-state index contributed by atoms with van der Waals surface area (Å²) in [6.07, 6.45) is 1.13. The first-order valence-corrected chi connectivity index (χ1v) is 6.41. The molecule has 0 spiro atoms. The fourth-order valence-corrected chi connectivity index (χ4v) is 3.08. The molecule has 2 unspecified atom stereocenters. The van der Waals surface area contributed by atoms with Gasteiger partial charge in [-0.1, -0.05) is 0 Å². The van der Waals surface area contributed by atoms with Gasteiger partial charge in [-0.3, -0.25) is 4.79 Å². The Labute approximate surface area is 97.4 Å². The molecule has 0 radical (unpaired) electrons. The molecule has 2 rings (SSSR count). The van der Waals surface area contributed by atoms with Crippen LogP contribution < -0.4 is 0 Å². The summed E-state index contributed by atoms with van der Waals surface area (Å²) in [5.41, 5.74) is 0.